The van der Waals surface area contributed by atoms with E-state index in [1.807, 2.05) is 74.2 Å². The van der Waals surface area contributed by atoms with Crippen molar-refractivity contribution in [3.05, 3.63) is 65.2 Å². The molecule has 6 nitrogen and oxygen atoms in total. The Kier molecular flexibility index (Phi) is 11.9. The SMILES string of the molecule is CCNC(=NCc1cccc(OC)c1)NCc1ccc(C(=O)N(CC)CC)cc1.I. The van der Waals surface area contributed by atoms with Gasteiger partial charge in [-0.15, -0.1) is 24.0 Å². The van der Waals surface area contributed by atoms with E-state index in [1.54, 1.807) is 7.11 Å². The maximum Gasteiger partial charge on any atom is 0.253 e. The van der Waals surface area contributed by atoms with Crippen LogP contribution in [0.25, 0.3) is 0 Å². The monoisotopic (exact) mass is 524 g/mol. The van der Waals surface area contributed by atoms with Gasteiger partial charge in [0.15, 0.2) is 5.96 Å². The van der Waals surface area contributed by atoms with Crippen molar-refractivity contribution in [3.63, 3.8) is 0 Å². The second kappa shape index (κ2) is 13.8. The highest BCUT2D eigenvalue weighted by molar-refractivity contribution is 14.0. The zero-order valence-corrected chi connectivity index (χ0v) is 20.6. The average Bonchev–Trinajstić information content (AvgIpc) is 2.77. The van der Waals surface area contributed by atoms with Gasteiger partial charge in [0, 0.05) is 31.7 Å². The Bertz CT molecular complexity index is 805. The van der Waals surface area contributed by atoms with Crippen LogP contribution in [0, 0.1) is 0 Å². The van der Waals surface area contributed by atoms with Gasteiger partial charge in [0.25, 0.3) is 5.91 Å². The van der Waals surface area contributed by atoms with Crippen LogP contribution in [0.2, 0.25) is 0 Å². The number of nitrogens with one attached hydrogen (secondary N) is 2. The number of aliphatic imine (C=N–C) groups is 1. The Balaban J connectivity index is 0.00000450. The minimum atomic E-state index is 0. The smallest absolute Gasteiger partial charge is 0.253 e. The van der Waals surface area contributed by atoms with E-state index in [2.05, 4.69) is 15.6 Å². The number of hydrogen-bond donors (Lipinski definition) is 2. The van der Waals surface area contributed by atoms with E-state index >= 15 is 0 Å². The maximum atomic E-state index is 12.4. The van der Waals surface area contributed by atoms with Gasteiger partial charge in [-0.05, 0) is 56.2 Å². The van der Waals surface area contributed by atoms with Crippen molar-refractivity contribution < 1.29 is 9.53 Å². The van der Waals surface area contributed by atoms with E-state index in [9.17, 15) is 4.79 Å². The molecule has 0 aromatic heterocycles. The van der Waals surface area contributed by atoms with E-state index < -0.39 is 0 Å². The van der Waals surface area contributed by atoms with Crippen molar-refractivity contribution >= 4 is 35.8 Å². The minimum Gasteiger partial charge on any atom is -0.497 e. The van der Waals surface area contributed by atoms with Gasteiger partial charge >= 0.3 is 0 Å². The molecule has 0 saturated heterocycles. The lowest BCUT2D eigenvalue weighted by molar-refractivity contribution is 0.0773. The van der Waals surface area contributed by atoms with Crippen LogP contribution in [0.3, 0.4) is 0 Å². The predicted molar refractivity (Wildman–Crippen MR) is 134 cm³/mol. The Morgan fingerprint density at radius 3 is 2.30 bits per heavy atom. The lowest BCUT2D eigenvalue weighted by Crippen LogP contribution is -2.36. The van der Waals surface area contributed by atoms with Gasteiger partial charge in [0.2, 0.25) is 0 Å². The van der Waals surface area contributed by atoms with Crippen molar-refractivity contribution in [1.82, 2.24) is 15.5 Å². The molecular weight excluding hydrogens is 491 g/mol. The molecule has 0 radical (unpaired) electrons. The molecule has 1 amide bonds. The molecule has 0 saturated carbocycles. The van der Waals surface area contributed by atoms with Crippen molar-refractivity contribution in [1.29, 1.82) is 0 Å². The number of halogens is 1. The number of amides is 1. The van der Waals surface area contributed by atoms with Gasteiger partial charge in [-0.25, -0.2) is 4.99 Å². The topological polar surface area (TPSA) is 66.0 Å². The normalized spacial score (nSPS) is 10.7. The van der Waals surface area contributed by atoms with Crippen LogP contribution in [0.4, 0.5) is 0 Å². The molecule has 0 spiro atoms. The maximum absolute atomic E-state index is 12.4. The summed E-state index contributed by atoms with van der Waals surface area (Å²) in [6.45, 7) is 9.42. The number of benzene rings is 2. The summed E-state index contributed by atoms with van der Waals surface area (Å²) in [5, 5.41) is 6.60. The minimum absolute atomic E-state index is 0. The molecule has 0 unspecified atom stereocenters. The zero-order chi connectivity index (χ0) is 21.1. The molecule has 0 heterocycles. The van der Waals surface area contributed by atoms with Gasteiger partial charge in [0.1, 0.15) is 5.75 Å². The molecule has 2 rings (SSSR count). The van der Waals surface area contributed by atoms with Crippen LogP contribution >= 0.6 is 24.0 Å². The fourth-order valence-corrected chi connectivity index (χ4v) is 2.93. The number of nitrogens with zero attached hydrogens (tertiary/aromatic N) is 2. The van der Waals surface area contributed by atoms with E-state index in [0.717, 1.165) is 34.9 Å². The number of guanidine groups is 1. The molecule has 2 N–H and O–H groups in total. The number of rotatable bonds is 9. The van der Waals surface area contributed by atoms with Crippen molar-refractivity contribution in [2.75, 3.05) is 26.7 Å². The van der Waals surface area contributed by atoms with E-state index in [4.69, 9.17) is 4.74 Å². The van der Waals surface area contributed by atoms with Crippen molar-refractivity contribution in [3.8, 4) is 5.75 Å². The van der Waals surface area contributed by atoms with Gasteiger partial charge < -0.3 is 20.3 Å². The largest absolute Gasteiger partial charge is 0.497 e. The number of methoxy groups -OCH3 is 1. The Hall–Kier alpha value is -2.29. The Morgan fingerprint density at radius 2 is 1.70 bits per heavy atom. The molecule has 0 fully saturated rings. The predicted octanol–water partition coefficient (Wildman–Crippen LogP) is 4.05. The molecule has 7 heteroatoms. The first-order valence-electron chi connectivity index (χ1n) is 10.1. The molecule has 0 aliphatic carbocycles. The number of hydrogen-bond acceptors (Lipinski definition) is 3. The summed E-state index contributed by atoms with van der Waals surface area (Å²) in [5.74, 6) is 1.65. The summed E-state index contributed by atoms with van der Waals surface area (Å²) in [4.78, 5) is 18.9. The average molecular weight is 524 g/mol. The highest BCUT2D eigenvalue weighted by atomic mass is 127. The number of ether oxygens (including phenoxy) is 1. The molecule has 0 bridgehead atoms. The van der Waals surface area contributed by atoms with E-state index in [1.165, 1.54) is 0 Å². The van der Waals surface area contributed by atoms with Crippen LogP contribution in [-0.2, 0) is 13.1 Å². The summed E-state index contributed by atoms with van der Waals surface area (Å²) < 4.78 is 5.26. The Morgan fingerprint density at radius 1 is 1.00 bits per heavy atom. The highest BCUT2D eigenvalue weighted by Gasteiger charge is 2.11. The number of carbonyl (C=O) groups excluding carboxylic acids is 1. The van der Waals surface area contributed by atoms with Crippen molar-refractivity contribution in [2.24, 2.45) is 4.99 Å². The molecule has 0 aliphatic heterocycles. The third-order valence-electron chi connectivity index (χ3n) is 4.61. The quantitative estimate of drug-likeness (QED) is 0.295. The third kappa shape index (κ3) is 7.85. The fraction of sp³-hybridized carbons (Fsp3) is 0.391. The third-order valence-corrected chi connectivity index (χ3v) is 4.61. The lowest BCUT2D eigenvalue weighted by atomic mass is 10.1. The Labute approximate surface area is 197 Å². The van der Waals surface area contributed by atoms with Gasteiger partial charge in [0.05, 0.1) is 13.7 Å². The first kappa shape index (κ1) is 25.7. The second-order valence-corrected chi connectivity index (χ2v) is 6.57. The van der Waals surface area contributed by atoms with Gasteiger partial charge in [-0.2, -0.15) is 0 Å². The first-order valence-corrected chi connectivity index (χ1v) is 10.1. The summed E-state index contributed by atoms with van der Waals surface area (Å²) in [6.07, 6.45) is 0. The standard InChI is InChI=1S/C23H32N4O2.HI/c1-5-24-23(26-17-19-9-8-10-21(15-19)29-4)25-16-18-11-13-20(14-12-18)22(28)27(6-2)7-3;/h8-15H,5-7,16-17H2,1-4H3,(H2,24,25,26);1H. The van der Waals surface area contributed by atoms with Crippen LogP contribution in [0.15, 0.2) is 53.5 Å². The summed E-state index contributed by atoms with van der Waals surface area (Å²) in [7, 11) is 1.66. The van der Waals surface area contributed by atoms with E-state index in [0.29, 0.717) is 26.2 Å². The summed E-state index contributed by atoms with van der Waals surface area (Å²) in [6, 6.07) is 15.6. The molecule has 0 atom stereocenters. The van der Waals surface area contributed by atoms with Gasteiger partial charge in [-0.3, -0.25) is 4.79 Å². The molecule has 30 heavy (non-hydrogen) atoms. The molecular formula is C23H33IN4O2. The fourth-order valence-electron chi connectivity index (χ4n) is 2.93. The zero-order valence-electron chi connectivity index (χ0n) is 18.3. The van der Waals surface area contributed by atoms with Crippen LogP contribution in [0.1, 0.15) is 42.3 Å². The van der Waals surface area contributed by atoms with Crippen LogP contribution in [0.5, 0.6) is 5.75 Å². The molecule has 2 aromatic carbocycles. The summed E-state index contributed by atoms with van der Waals surface area (Å²) >= 11 is 0. The molecule has 2 aromatic rings. The first-order chi connectivity index (χ1) is 14.1. The van der Waals surface area contributed by atoms with Gasteiger partial charge in [-0.1, -0.05) is 24.3 Å². The van der Waals surface area contributed by atoms with Crippen LogP contribution in [-0.4, -0.2) is 43.5 Å². The second-order valence-electron chi connectivity index (χ2n) is 6.57. The number of carbonyl (C=O) groups is 1. The van der Waals surface area contributed by atoms with Crippen LogP contribution < -0.4 is 15.4 Å². The summed E-state index contributed by atoms with van der Waals surface area (Å²) in [5.41, 5.74) is 2.89. The van der Waals surface area contributed by atoms with Crippen molar-refractivity contribution in [2.45, 2.75) is 33.9 Å². The molecule has 0 aliphatic rings. The molecule has 164 valence electrons. The van der Waals surface area contributed by atoms with E-state index in [-0.39, 0.29) is 29.9 Å². The lowest BCUT2D eigenvalue weighted by Gasteiger charge is -2.18. The highest BCUT2D eigenvalue weighted by Crippen LogP contribution is 2.13.